The number of rotatable bonds is 6. The minimum Gasteiger partial charge on any atom is -0.388 e. The third-order valence-corrected chi connectivity index (χ3v) is 6.46. The van der Waals surface area contributed by atoms with E-state index in [0.29, 0.717) is 18.4 Å². The molecule has 0 spiro atoms. The summed E-state index contributed by atoms with van der Waals surface area (Å²) in [6.45, 7) is 2.04. The molecule has 5 heteroatoms. The quantitative estimate of drug-likeness (QED) is 0.325. The van der Waals surface area contributed by atoms with E-state index in [0.717, 1.165) is 14.8 Å². The van der Waals surface area contributed by atoms with E-state index in [1.165, 1.54) is 17.7 Å². The van der Waals surface area contributed by atoms with E-state index in [4.69, 9.17) is 0 Å². The average Bonchev–Trinajstić information content (AvgIpc) is 2.74. The summed E-state index contributed by atoms with van der Waals surface area (Å²) in [6.07, 6.45) is 0.297. The third-order valence-electron chi connectivity index (χ3n) is 5.74. The second-order valence-corrected chi connectivity index (χ2v) is 9.04. The Labute approximate surface area is 189 Å². The number of aliphatic hydroxyl groups excluding tert-OH is 1. The lowest BCUT2D eigenvalue weighted by molar-refractivity contribution is -0.131. The highest BCUT2D eigenvalue weighted by molar-refractivity contribution is 14.1. The molecule has 154 valence electrons. The SMILES string of the molecule is Cc1ccc([C@@H]2C(CC[C@H](O)c3ccc(F)cc3)C(=O)N2c2ccc(I)cc2)cc1. The number of nitrogens with zero attached hydrogens (tertiary/aromatic N) is 1. The molecule has 1 unspecified atom stereocenters. The molecular weight excluding hydrogens is 492 g/mol. The van der Waals surface area contributed by atoms with Crippen LogP contribution in [0.3, 0.4) is 0 Å². The molecule has 1 aliphatic rings. The summed E-state index contributed by atoms with van der Waals surface area (Å²) < 4.78 is 14.3. The Morgan fingerprint density at radius 2 is 1.63 bits per heavy atom. The van der Waals surface area contributed by atoms with Crippen molar-refractivity contribution in [3.63, 3.8) is 0 Å². The first-order valence-electron chi connectivity index (χ1n) is 10.0. The predicted octanol–water partition coefficient (Wildman–Crippen LogP) is 5.96. The van der Waals surface area contributed by atoms with Crippen LogP contribution in [0.4, 0.5) is 10.1 Å². The Morgan fingerprint density at radius 1 is 1.00 bits per heavy atom. The third kappa shape index (κ3) is 4.27. The van der Waals surface area contributed by atoms with Gasteiger partial charge in [0, 0.05) is 9.26 Å². The summed E-state index contributed by atoms with van der Waals surface area (Å²) >= 11 is 2.25. The fraction of sp³-hybridized carbons (Fsp3) is 0.240. The lowest BCUT2D eigenvalue weighted by Gasteiger charge is -2.48. The van der Waals surface area contributed by atoms with Crippen LogP contribution in [0.2, 0.25) is 0 Å². The van der Waals surface area contributed by atoms with Crippen LogP contribution in [0.1, 0.15) is 41.7 Å². The van der Waals surface area contributed by atoms with Crippen LogP contribution in [-0.2, 0) is 4.79 Å². The van der Waals surface area contributed by atoms with Gasteiger partial charge in [-0.3, -0.25) is 4.79 Å². The van der Waals surface area contributed by atoms with Crippen molar-refractivity contribution in [3.8, 4) is 0 Å². The van der Waals surface area contributed by atoms with Gasteiger partial charge in [0.15, 0.2) is 0 Å². The highest BCUT2D eigenvalue weighted by Crippen LogP contribution is 2.46. The standard InChI is InChI=1S/C25H23FINO2/c1-16-2-4-18(5-3-16)24-22(14-15-23(29)17-6-8-19(26)9-7-17)25(30)28(24)21-12-10-20(27)11-13-21/h2-13,22-24,29H,14-15H2,1H3/t22?,23-,24+/m0/s1. The van der Waals surface area contributed by atoms with Gasteiger partial charge in [0.1, 0.15) is 5.82 Å². The van der Waals surface area contributed by atoms with E-state index in [1.807, 2.05) is 36.1 Å². The number of hydrogen-bond acceptors (Lipinski definition) is 2. The summed E-state index contributed by atoms with van der Waals surface area (Å²) in [5, 5.41) is 10.5. The number of β-lactam (4-membered cyclic amide) rings is 1. The Balaban J connectivity index is 1.55. The van der Waals surface area contributed by atoms with Gasteiger partial charge in [0.25, 0.3) is 0 Å². The number of halogens is 2. The summed E-state index contributed by atoms with van der Waals surface area (Å²) in [7, 11) is 0. The number of aliphatic hydroxyl groups is 1. The summed E-state index contributed by atoms with van der Waals surface area (Å²) in [5.74, 6) is -0.442. The summed E-state index contributed by atoms with van der Waals surface area (Å²) in [4.78, 5) is 14.9. The Morgan fingerprint density at radius 3 is 2.27 bits per heavy atom. The molecule has 3 aromatic rings. The van der Waals surface area contributed by atoms with Crippen LogP contribution in [0.25, 0.3) is 0 Å². The minimum absolute atomic E-state index is 0.0569. The number of benzene rings is 3. The molecule has 30 heavy (non-hydrogen) atoms. The van der Waals surface area contributed by atoms with Crippen LogP contribution in [-0.4, -0.2) is 11.0 Å². The van der Waals surface area contributed by atoms with Gasteiger partial charge in [-0.25, -0.2) is 4.39 Å². The predicted molar refractivity (Wildman–Crippen MR) is 125 cm³/mol. The van der Waals surface area contributed by atoms with Gasteiger partial charge in [-0.15, -0.1) is 0 Å². The molecule has 3 atom stereocenters. The first-order valence-corrected chi connectivity index (χ1v) is 11.1. The van der Waals surface area contributed by atoms with Gasteiger partial charge >= 0.3 is 0 Å². The van der Waals surface area contributed by atoms with Crippen LogP contribution >= 0.6 is 22.6 Å². The summed E-state index contributed by atoms with van der Waals surface area (Å²) in [6, 6.07) is 22.1. The van der Waals surface area contributed by atoms with Crippen LogP contribution in [0.15, 0.2) is 72.8 Å². The zero-order valence-corrected chi connectivity index (χ0v) is 18.8. The topological polar surface area (TPSA) is 40.5 Å². The molecular formula is C25H23FINO2. The average molecular weight is 515 g/mol. The van der Waals surface area contributed by atoms with Crippen molar-refractivity contribution >= 4 is 34.2 Å². The fourth-order valence-corrected chi connectivity index (χ4v) is 4.41. The van der Waals surface area contributed by atoms with Gasteiger partial charge in [-0.1, -0.05) is 42.0 Å². The second-order valence-electron chi connectivity index (χ2n) is 7.79. The molecule has 0 bridgehead atoms. The van der Waals surface area contributed by atoms with Gasteiger partial charge in [0.05, 0.1) is 18.1 Å². The molecule has 3 nitrogen and oxygen atoms in total. The van der Waals surface area contributed by atoms with E-state index >= 15 is 0 Å². The molecule has 3 aromatic carbocycles. The molecule has 1 saturated heterocycles. The molecule has 0 saturated carbocycles. The van der Waals surface area contributed by atoms with Crippen LogP contribution in [0.5, 0.6) is 0 Å². The van der Waals surface area contributed by atoms with Gasteiger partial charge < -0.3 is 10.0 Å². The fourth-order valence-electron chi connectivity index (χ4n) is 4.05. The molecule has 4 rings (SSSR count). The molecule has 1 aliphatic heterocycles. The maximum atomic E-state index is 13.1. The number of hydrogen-bond donors (Lipinski definition) is 1. The smallest absolute Gasteiger partial charge is 0.233 e. The van der Waals surface area contributed by atoms with E-state index in [-0.39, 0.29) is 23.7 Å². The van der Waals surface area contributed by atoms with Crippen molar-refractivity contribution in [1.82, 2.24) is 0 Å². The van der Waals surface area contributed by atoms with Gasteiger partial charge in [-0.05, 0) is 89.9 Å². The molecule has 0 radical (unpaired) electrons. The second kappa shape index (κ2) is 8.86. The number of amides is 1. The lowest BCUT2D eigenvalue weighted by Crippen LogP contribution is -2.55. The Hall–Kier alpha value is -2.25. The minimum atomic E-state index is -0.718. The Kier molecular flexibility index (Phi) is 6.20. The highest BCUT2D eigenvalue weighted by Gasteiger charge is 2.48. The molecule has 1 amide bonds. The van der Waals surface area contributed by atoms with Crippen LogP contribution < -0.4 is 4.90 Å². The van der Waals surface area contributed by atoms with Crippen LogP contribution in [0, 0.1) is 22.2 Å². The van der Waals surface area contributed by atoms with Crippen molar-refractivity contribution in [3.05, 3.63) is 98.9 Å². The maximum absolute atomic E-state index is 13.1. The van der Waals surface area contributed by atoms with E-state index in [9.17, 15) is 14.3 Å². The number of anilines is 1. The van der Waals surface area contributed by atoms with Crippen molar-refractivity contribution in [1.29, 1.82) is 0 Å². The zero-order chi connectivity index (χ0) is 21.3. The highest BCUT2D eigenvalue weighted by atomic mass is 127. The molecule has 0 aromatic heterocycles. The van der Waals surface area contributed by atoms with E-state index in [1.54, 1.807) is 12.1 Å². The monoisotopic (exact) mass is 515 g/mol. The normalized spacial score (nSPS) is 19.5. The largest absolute Gasteiger partial charge is 0.388 e. The van der Waals surface area contributed by atoms with Crippen molar-refractivity contribution in [2.24, 2.45) is 5.92 Å². The maximum Gasteiger partial charge on any atom is 0.233 e. The Bertz CT molecular complexity index is 1020. The molecule has 0 aliphatic carbocycles. The van der Waals surface area contributed by atoms with Crippen molar-refractivity contribution in [2.45, 2.75) is 31.9 Å². The van der Waals surface area contributed by atoms with E-state index in [2.05, 4.69) is 46.9 Å². The molecule has 1 heterocycles. The number of carbonyl (C=O) groups excluding carboxylic acids is 1. The first-order chi connectivity index (χ1) is 14.4. The molecule has 1 fully saturated rings. The summed E-state index contributed by atoms with van der Waals surface area (Å²) in [5.41, 5.74) is 3.83. The number of carbonyl (C=O) groups is 1. The van der Waals surface area contributed by atoms with Crippen molar-refractivity contribution in [2.75, 3.05) is 4.90 Å². The lowest BCUT2D eigenvalue weighted by atomic mass is 9.78. The van der Waals surface area contributed by atoms with Gasteiger partial charge in [-0.2, -0.15) is 0 Å². The number of aryl methyl sites for hydroxylation is 1. The van der Waals surface area contributed by atoms with Crippen molar-refractivity contribution < 1.29 is 14.3 Å². The first kappa shape index (κ1) is 21.0. The van der Waals surface area contributed by atoms with E-state index < -0.39 is 6.10 Å². The molecule has 1 N–H and O–H groups in total. The zero-order valence-electron chi connectivity index (χ0n) is 16.6. The van der Waals surface area contributed by atoms with Gasteiger partial charge in [0.2, 0.25) is 5.91 Å².